The van der Waals surface area contributed by atoms with Crippen LogP contribution in [0, 0.1) is 5.92 Å². The maximum absolute atomic E-state index is 12.9. The first-order valence-electron chi connectivity index (χ1n) is 10.4. The number of benzene rings is 1. The predicted molar refractivity (Wildman–Crippen MR) is 117 cm³/mol. The van der Waals surface area contributed by atoms with E-state index >= 15 is 0 Å². The summed E-state index contributed by atoms with van der Waals surface area (Å²) in [5.41, 5.74) is 5.97. The van der Waals surface area contributed by atoms with Gasteiger partial charge in [-0.2, -0.15) is 0 Å². The molecule has 13 nitrogen and oxygen atoms in total. The van der Waals surface area contributed by atoms with Gasteiger partial charge in [-0.25, -0.2) is 4.79 Å². The molecule has 0 aliphatic rings. The van der Waals surface area contributed by atoms with E-state index in [0.717, 1.165) is 0 Å². The molecule has 9 N–H and O–H groups in total. The molecule has 0 spiro atoms. The Morgan fingerprint density at radius 1 is 0.882 bits per heavy atom. The molecule has 0 bridgehead atoms. The Labute approximate surface area is 195 Å². The number of nitrogens with two attached hydrogens (primary N) is 1. The van der Waals surface area contributed by atoms with Crippen molar-refractivity contribution < 1.29 is 44.4 Å². The van der Waals surface area contributed by atoms with Crippen LogP contribution in [-0.4, -0.2) is 80.9 Å². The first-order chi connectivity index (χ1) is 15.8. The van der Waals surface area contributed by atoms with E-state index in [0.29, 0.717) is 5.56 Å². The van der Waals surface area contributed by atoms with Crippen LogP contribution in [0.4, 0.5) is 0 Å². The van der Waals surface area contributed by atoms with Crippen molar-refractivity contribution >= 4 is 29.7 Å². The molecule has 0 saturated heterocycles. The van der Waals surface area contributed by atoms with Crippen molar-refractivity contribution in [3.05, 3.63) is 29.8 Å². The summed E-state index contributed by atoms with van der Waals surface area (Å²) in [5.74, 6) is -5.90. The van der Waals surface area contributed by atoms with Gasteiger partial charge in [-0.1, -0.05) is 26.0 Å². The van der Waals surface area contributed by atoms with Gasteiger partial charge in [0.15, 0.2) is 0 Å². The predicted octanol–water partition coefficient (Wildman–Crippen LogP) is -2.08. The molecule has 188 valence electrons. The zero-order valence-corrected chi connectivity index (χ0v) is 18.7. The minimum Gasteiger partial charge on any atom is -0.508 e. The molecule has 0 aromatic heterocycles. The summed E-state index contributed by atoms with van der Waals surface area (Å²) < 4.78 is 0. The van der Waals surface area contributed by atoms with Gasteiger partial charge in [-0.15, -0.1) is 0 Å². The number of aliphatic hydroxyl groups is 1. The summed E-state index contributed by atoms with van der Waals surface area (Å²) in [6, 6.07) is 0.137. The van der Waals surface area contributed by atoms with Gasteiger partial charge in [-0.05, 0) is 23.6 Å². The van der Waals surface area contributed by atoms with Gasteiger partial charge in [-0.3, -0.25) is 19.2 Å². The van der Waals surface area contributed by atoms with Gasteiger partial charge in [0.25, 0.3) is 0 Å². The summed E-state index contributed by atoms with van der Waals surface area (Å²) >= 11 is 0. The molecule has 13 heteroatoms. The minimum atomic E-state index is -1.55. The molecule has 0 aliphatic heterocycles. The fourth-order valence-corrected chi connectivity index (χ4v) is 2.87. The average molecular weight is 482 g/mol. The number of phenolic OH excluding ortho intramolecular Hbond substituents is 1. The summed E-state index contributed by atoms with van der Waals surface area (Å²) in [4.78, 5) is 59.8. The van der Waals surface area contributed by atoms with Crippen LogP contribution in [0.5, 0.6) is 5.75 Å². The number of carboxylic acid groups (broad SMARTS) is 2. The number of hydrogen-bond acceptors (Lipinski definition) is 8. The number of carboxylic acids is 2. The van der Waals surface area contributed by atoms with Gasteiger partial charge in [0.1, 0.15) is 23.9 Å². The quantitative estimate of drug-likeness (QED) is 0.153. The van der Waals surface area contributed by atoms with Gasteiger partial charge >= 0.3 is 11.9 Å². The molecular formula is C21H30N4O9. The van der Waals surface area contributed by atoms with Crippen molar-refractivity contribution in [3.63, 3.8) is 0 Å². The van der Waals surface area contributed by atoms with Crippen LogP contribution in [0.1, 0.15) is 25.8 Å². The summed E-state index contributed by atoms with van der Waals surface area (Å²) in [6.45, 7) is 2.29. The highest BCUT2D eigenvalue weighted by molar-refractivity contribution is 5.95. The Hall–Kier alpha value is -3.71. The molecular weight excluding hydrogens is 452 g/mol. The van der Waals surface area contributed by atoms with Gasteiger partial charge in [0.2, 0.25) is 17.7 Å². The lowest BCUT2D eigenvalue weighted by Gasteiger charge is -2.25. The molecule has 3 amide bonds. The molecule has 0 aliphatic carbocycles. The number of hydrogen-bond donors (Lipinski definition) is 8. The van der Waals surface area contributed by atoms with E-state index in [4.69, 9.17) is 10.8 Å². The number of carbonyl (C=O) groups is 5. The number of nitrogens with one attached hydrogen (secondary N) is 3. The van der Waals surface area contributed by atoms with Crippen LogP contribution in [0.3, 0.4) is 0 Å². The van der Waals surface area contributed by atoms with E-state index < -0.39 is 72.8 Å². The van der Waals surface area contributed by atoms with Crippen LogP contribution < -0.4 is 21.7 Å². The average Bonchev–Trinajstić information content (AvgIpc) is 2.75. The second-order valence-electron chi connectivity index (χ2n) is 7.95. The lowest BCUT2D eigenvalue weighted by molar-refractivity contribution is -0.143. The maximum atomic E-state index is 12.9. The highest BCUT2D eigenvalue weighted by Crippen LogP contribution is 2.12. The molecule has 0 saturated carbocycles. The summed E-state index contributed by atoms with van der Waals surface area (Å²) in [6.07, 6.45) is -0.809. The Bertz CT molecular complexity index is 889. The van der Waals surface area contributed by atoms with Crippen molar-refractivity contribution in [3.8, 4) is 5.75 Å². The highest BCUT2D eigenvalue weighted by atomic mass is 16.4. The third-order valence-corrected chi connectivity index (χ3v) is 4.79. The van der Waals surface area contributed by atoms with Gasteiger partial charge < -0.3 is 42.1 Å². The molecule has 1 rings (SSSR count). The standard InChI is InChI=1S/C21H30N4O9/c1-10(2)17(21(33)34)25-19(31)14(7-11-3-5-12(27)6-4-11)23-20(32)15(9-26)24-18(30)13(22)8-16(28)29/h3-6,10,13-15,17,26-27H,7-9,22H2,1-2H3,(H,23,32)(H,24,30)(H,25,31)(H,28,29)(H,33,34). The van der Waals surface area contributed by atoms with E-state index in [2.05, 4.69) is 16.0 Å². The molecule has 4 atom stereocenters. The third-order valence-electron chi connectivity index (χ3n) is 4.79. The Morgan fingerprint density at radius 3 is 1.88 bits per heavy atom. The Balaban J connectivity index is 3.05. The third kappa shape index (κ3) is 9.03. The number of aliphatic hydroxyl groups excluding tert-OH is 1. The highest BCUT2D eigenvalue weighted by Gasteiger charge is 2.31. The van der Waals surface area contributed by atoms with E-state index in [1.165, 1.54) is 24.3 Å². The fourth-order valence-electron chi connectivity index (χ4n) is 2.87. The molecule has 34 heavy (non-hydrogen) atoms. The summed E-state index contributed by atoms with van der Waals surface area (Å²) in [5, 5.41) is 43.9. The molecule has 1 aromatic carbocycles. The lowest BCUT2D eigenvalue weighted by Crippen LogP contribution is -2.59. The van der Waals surface area contributed by atoms with E-state index in [1.807, 2.05) is 0 Å². The molecule has 4 unspecified atom stereocenters. The van der Waals surface area contributed by atoms with Crippen molar-refractivity contribution in [2.75, 3.05) is 6.61 Å². The second kappa shape index (κ2) is 13.1. The number of aromatic hydroxyl groups is 1. The van der Waals surface area contributed by atoms with Gasteiger partial charge in [0, 0.05) is 6.42 Å². The largest absolute Gasteiger partial charge is 0.508 e. The fraction of sp³-hybridized carbons (Fsp3) is 0.476. The van der Waals surface area contributed by atoms with Crippen LogP contribution in [-0.2, 0) is 30.4 Å². The zero-order valence-electron chi connectivity index (χ0n) is 18.7. The molecule has 0 heterocycles. The number of rotatable bonds is 13. The van der Waals surface area contributed by atoms with E-state index in [1.54, 1.807) is 13.8 Å². The Morgan fingerprint density at radius 2 is 1.41 bits per heavy atom. The van der Waals surface area contributed by atoms with Crippen LogP contribution in [0.2, 0.25) is 0 Å². The first kappa shape index (κ1) is 28.3. The number of aliphatic carboxylic acids is 2. The van der Waals surface area contributed by atoms with Crippen LogP contribution in [0.25, 0.3) is 0 Å². The number of carbonyl (C=O) groups excluding carboxylic acids is 3. The monoisotopic (exact) mass is 482 g/mol. The smallest absolute Gasteiger partial charge is 0.326 e. The first-order valence-corrected chi connectivity index (χ1v) is 10.4. The SMILES string of the molecule is CC(C)C(NC(=O)C(Cc1ccc(O)cc1)NC(=O)C(CO)NC(=O)C(N)CC(=O)O)C(=O)O. The normalized spacial score (nSPS) is 14.4. The van der Waals surface area contributed by atoms with E-state index in [9.17, 15) is 39.3 Å². The zero-order chi connectivity index (χ0) is 26.0. The van der Waals surface area contributed by atoms with Crippen molar-refractivity contribution in [2.45, 2.75) is 50.9 Å². The molecule has 1 aromatic rings. The molecule has 0 radical (unpaired) electrons. The van der Waals surface area contributed by atoms with E-state index in [-0.39, 0.29) is 12.2 Å². The summed E-state index contributed by atoms with van der Waals surface area (Å²) in [7, 11) is 0. The second-order valence-corrected chi connectivity index (χ2v) is 7.95. The topological polar surface area (TPSA) is 228 Å². The van der Waals surface area contributed by atoms with Crippen molar-refractivity contribution in [2.24, 2.45) is 11.7 Å². The molecule has 0 fully saturated rings. The van der Waals surface area contributed by atoms with Gasteiger partial charge in [0.05, 0.1) is 19.1 Å². The number of phenols is 1. The Kier molecular flexibility index (Phi) is 10.9. The lowest BCUT2D eigenvalue weighted by atomic mass is 10.0. The van der Waals surface area contributed by atoms with Crippen molar-refractivity contribution in [1.29, 1.82) is 0 Å². The van der Waals surface area contributed by atoms with Crippen molar-refractivity contribution in [1.82, 2.24) is 16.0 Å². The van der Waals surface area contributed by atoms with Crippen LogP contribution >= 0.6 is 0 Å². The minimum absolute atomic E-state index is 0.0275. The number of amides is 3. The maximum Gasteiger partial charge on any atom is 0.326 e. The van der Waals surface area contributed by atoms with Crippen LogP contribution in [0.15, 0.2) is 24.3 Å².